The summed E-state index contributed by atoms with van der Waals surface area (Å²) in [6, 6.07) is 14.8. The predicted molar refractivity (Wildman–Crippen MR) is 96.0 cm³/mol. The maximum absolute atomic E-state index is 12.0. The minimum Gasteiger partial charge on any atom is -0.493 e. The molecule has 0 atom stereocenters. The molecule has 23 heavy (non-hydrogen) atoms. The van der Waals surface area contributed by atoms with Gasteiger partial charge in [0.1, 0.15) is 5.75 Å². The van der Waals surface area contributed by atoms with Gasteiger partial charge in [0.2, 0.25) is 0 Å². The Bertz CT molecular complexity index is 686. The van der Waals surface area contributed by atoms with Crippen molar-refractivity contribution >= 4 is 28.1 Å². The highest BCUT2D eigenvalue weighted by Crippen LogP contribution is 2.16. The van der Waals surface area contributed by atoms with E-state index >= 15 is 0 Å². The summed E-state index contributed by atoms with van der Waals surface area (Å²) < 4.78 is 6.58. The topological polar surface area (TPSA) is 50.7 Å². The molecule has 5 heteroatoms. The lowest BCUT2D eigenvalue weighted by atomic mass is 10.2. The molecular formula is C18H19BrN2O2. The van der Waals surface area contributed by atoms with Crippen LogP contribution in [0.4, 0.5) is 0 Å². The number of hydrogen-bond acceptors (Lipinski definition) is 3. The number of amides is 1. The van der Waals surface area contributed by atoms with E-state index in [1.54, 1.807) is 24.4 Å². The third kappa shape index (κ3) is 5.53. The number of unbranched alkanes of at least 4 members (excludes halogenated alkanes) is 1. The van der Waals surface area contributed by atoms with Crippen molar-refractivity contribution in [2.45, 2.75) is 19.8 Å². The first-order valence-corrected chi connectivity index (χ1v) is 8.31. The average Bonchev–Trinajstić information content (AvgIpc) is 2.56. The zero-order valence-electron chi connectivity index (χ0n) is 13.0. The van der Waals surface area contributed by atoms with E-state index in [1.807, 2.05) is 30.3 Å². The van der Waals surface area contributed by atoms with Crippen LogP contribution in [0.25, 0.3) is 0 Å². The van der Waals surface area contributed by atoms with Crippen molar-refractivity contribution < 1.29 is 9.53 Å². The molecule has 0 saturated heterocycles. The Hall–Kier alpha value is -2.14. The summed E-state index contributed by atoms with van der Waals surface area (Å²) in [6.07, 6.45) is 3.68. The minimum atomic E-state index is -0.257. The van der Waals surface area contributed by atoms with Crippen LogP contribution in [0.1, 0.15) is 35.7 Å². The van der Waals surface area contributed by atoms with E-state index in [2.05, 4.69) is 33.4 Å². The van der Waals surface area contributed by atoms with E-state index in [1.165, 1.54) is 0 Å². The molecule has 0 heterocycles. The fourth-order valence-electron chi connectivity index (χ4n) is 1.90. The van der Waals surface area contributed by atoms with Crippen LogP contribution in [0.5, 0.6) is 5.75 Å². The molecule has 0 aromatic heterocycles. The molecule has 0 unspecified atom stereocenters. The molecule has 1 N–H and O–H groups in total. The van der Waals surface area contributed by atoms with Crippen LogP contribution in [-0.2, 0) is 0 Å². The van der Waals surface area contributed by atoms with Crippen LogP contribution < -0.4 is 10.2 Å². The molecule has 120 valence electrons. The predicted octanol–water partition coefficient (Wildman–Crippen LogP) is 4.39. The van der Waals surface area contributed by atoms with E-state index < -0.39 is 0 Å². The van der Waals surface area contributed by atoms with E-state index in [0.29, 0.717) is 12.2 Å². The van der Waals surface area contributed by atoms with Crippen molar-refractivity contribution in [1.82, 2.24) is 5.43 Å². The molecule has 0 bridgehead atoms. The number of para-hydroxylation sites is 1. The minimum absolute atomic E-state index is 0.257. The second kappa shape index (κ2) is 9.10. The normalized spacial score (nSPS) is 10.7. The third-order valence-corrected chi connectivity index (χ3v) is 3.62. The lowest BCUT2D eigenvalue weighted by molar-refractivity contribution is 0.0955. The van der Waals surface area contributed by atoms with Gasteiger partial charge in [0.05, 0.1) is 12.8 Å². The van der Waals surface area contributed by atoms with Gasteiger partial charge in [-0.2, -0.15) is 5.10 Å². The van der Waals surface area contributed by atoms with Gasteiger partial charge in [-0.3, -0.25) is 4.79 Å². The van der Waals surface area contributed by atoms with Gasteiger partial charge in [0.15, 0.2) is 0 Å². The highest BCUT2D eigenvalue weighted by Gasteiger charge is 2.04. The van der Waals surface area contributed by atoms with Gasteiger partial charge in [0.25, 0.3) is 5.91 Å². The van der Waals surface area contributed by atoms with Crippen molar-refractivity contribution in [3.63, 3.8) is 0 Å². The average molecular weight is 375 g/mol. The summed E-state index contributed by atoms with van der Waals surface area (Å²) in [4.78, 5) is 12.0. The standard InChI is InChI=1S/C18H19BrN2O2/c1-2-3-11-23-17-10-5-4-7-15(17)13-20-21-18(22)14-8-6-9-16(19)12-14/h4-10,12-13H,2-3,11H2,1H3,(H,21,22)/b20-13-. The molecule has 0 aliphatic heterocycles. The van der Waals surface area contributed by atoms with Crippen molar-refractivity contribution in [3.8, 4) is 5.75 Å². The Morgan fingerprint density at radius 1 is 1.26 bits per heavy atom. The zero-order chi connectivity index (χ0) is 16.5. The Labute approximate surface area is 144 Å². The maximum atomic E-state index is 12.0. The van der Waals surface area contributed by atoms with Gasteiger partial charge in [-0.15, -0.1) is 0 Å². The second-order valence-electron chi connectivity index (χ2n) is 4.95. The largest absolute Gasteiger partial charge is 0.493 e. The molecule has 0 radical (unpaired) electrons. The smallest absolute Gasteiger partial charge is 0.271 e. The van der Waals surface area contributed by atoms with Crippen molar-refractivity contribution in [2.75, 3.05) is 6.61 Å². The highest BCUT2D eigenvalue weighted by molar-refractivity contribution is 9.10. The summed E-state index contributed by atoms with van der Waals surface area (Å²) in [7, 11) is 0. The number of nitrogens with zero attached hydrogens (tertiary/aromatic N) is 1. The first-order chi connectivity index (χ1) is 11.2. The number of hydrazone groups is 1. The van der Waals surface area contributed by atoms with Gasteiger partial charge in [0, 0.05) is 15.6 Å². The number of carbonyl (C=O) groups is 1. The van der Waals surface area contributed by atoms with Crippen LogP contribution >= 0.6 is 15.9 Å². The summed E-state index contributed by atoms with van der Waals surface area (Å²) in [5.74, 6) is 0.508. The number of carbonyl (C=O) groups excluding carboxylic acids is 1. The Morgan fingerprint density at radius 3 is 2.87 bits per heavy atom. The molecule has 2 aromatic carbocycles. The summed E-state index contributed by atoms with van der Waals surface area (Å²) in [5.41, 5.74) is 3.90. The number of rotatable bonds is 7. The first kappa shape index (κ1) is 17.2. The number of halogens is 1. The summed E-state index contributed by atoms with van der Waals surface area (Å²) in [6.45, 7) is 2.79. The third-order valence-electron chi connectivity index (χ3n) is 3.13. The van der Waals surface area contributed by atoms with Crippen molar-refractivity contribution in [2.24, 2.45) is 5.10 Å². The fraction of sp³-hybridized carbons (Fsp3) is 0.222. The molecule has 0 saturated carbocycles. The van der Waals surface area contributed by atoms with Crippen LogP contribution in [-0.4, -0.2) is 18.7 Å². The zero-order valence-corrected chi connectivity index (χ0v) is 14.5. The number of nitrogens with one attached hydrogen (secondary N) is 1. The number of benzene rings is 2. The molecule has 0 aliphatic rings. The first-order valence-electron chi connectivity index (χ1n) is 7.51. The van der Waals surface area contributed by atoms with Crippen LogP contribution in [0, 0.1) is 0 Å². The number of hydrogen-bond donors (Lipinski definition) is 1. The second-order valence-corrected chi connectivity index (χ2v) is 5.86. The lowest BCUT2D eigenvalue weighted by Crippen LogP contribution is -2.17. The Morgan fingerprint density at radius 2 is 2.09 bits per heavy atom. The van der Waals surface area contributed by atoms with Gasteiger partial charge in [-0.05, 0) is 36.8 Å². The van der Waals surface area contributed by atoms with Crippen molar-refractivity contribution in [3.05, 3.63) is 64.1 Å². The van der Waals surface area contributed by atoms with E-state index in [9.17, 15) is 4.79 Å². The van der Waals surface area contributed by atoms with E-state index in [-0.39, 0.29) is 5.91 Å². The van der Waals surface area contributed by atoms with Gasteiger partial charge >= 0.3 is 0 Å². The van der Waals surface area contributed by atoms with Crippen LogP contribution in [0.2, 0.25) is 0 Å². The Balaban J connectivity index is 1.99. The number of ether oxygens (including phenoxy) is 1. The molecule has 0 spiro atoms. The monoisotopic (exact) mass is 374 g/mol. The Kier molecular flexibility index (Phi) is 6.81. The maximum Gasteiger partial charge on any atom is 0.271 e. The summed E-state index contributed by atoms with van der Waals surface area (Å²) >= 11 is 3.34. The highest BCUT2D eigenvalue weighted by atomic mass is 79.9. The van der Waals surface area contributed by atoms with E-state index in [4.69, 9.17) is 4.74 Å². The van der Waals surface area contributed by atoms with Gasteiger partial charge in [-0.1, -0.05) is 47.5 Å². The SMILES string of the molecule is CCCCOc1ccccc1/C=N\NC(=O)c1cccc(Br)c1. The van der Waals surface area contributed by atoms with Crippen LogP contribution in [0.15, 0.2) is 58.1 Å². The summed E-state index contributed by atoms with van der Waals surface area (Å²) in [5, 5.41) is 4.02. The van der Waals surface area contributed by atoms with Gasteiger partial charge in [-0.25, -0.2) is 5.43 Å². The molecule has 2 rings (SSSR count). The molecule has 4 nitrogen and oxygen atoms in total. The molecule has 2 aromatic rings. The molecular weight excluding hydrogens is 356 g/mol. The van der Waals surface area contributed by atoms with E-state index in [0.717, 1.165) is 28.6 Å². The lowest BCUT2D eigenvalue weighted by Gasteiger charge is -2.08. The quantitative estimate of drug-likeness (QED) is 0.443. The fourth-order valence-corrected chi connectivity index (χ4v) is 2.30. The van der Waals surface area contributed by atoms with Crippen molar-refractivity contribution in [1.29, 1.82) is 0 Å². The molecule has 1 amide bonds. The molecule has 0 fully saturated rings. The van der Waals surface area contributed by atoms with Gasteiger partial charge < -0.3 is 4.74 Å². The molecule has 0 aliphatic carbocycles. The van der Waals surface area contributed by atoms with Crippen LogP contribution in [0.3, 0.4) is 0 Å².